The largest absolute Gasteiger partial charge is 0.390 e. The van der Waals surface area contributed by atoms with Gasteiger partial charge in [0.25, 0.3) is 0 Å². The summed E-state index contributed by atoms with van der Waals surface area (Å²) in [7, 11) is 0. The lowest BCUT2D eigenvalue weighted by Gasteiger charge is -2.32. The third-order valence-electron chi connectivity index (χ3n) is 4.50. The number of hydrogen-bond acceptors (Lipinski definition) is 2. The van der Waals surface area contributed by atoms with E-state index in [4.69, 9.17) is 0 Å². The summed E-state index contributed by atoms with van der Waals surface area (Å²) in [6, 6.07) is 20.5. The lowest BCUT2D eigenvalue weighted by molar-refractivity contribution is 0.0150. The molecule has 24 heavy (non-hydrogen) atoms. The van der Waals surface area contributed by atoms with Crippen LogP contribution < -0.4 is 0 Å². The maximum Gasteiger partial charge on any atom is 0.0628 e. The first-order valence-electron chi connectivity index (χ1n) is 8.79. The molecule has 2 atom stereocenters. The smallest absolute Gasteiger partial charge is 0.0628 e. The van der Waals surface area contributed by atoms with E-state index in [9.17, 15) is 10.2 Å². The predicted molar refractivity (Wildman–Crippen MR) is 100 cm³/mol. The van der Waals surface area contributed by atoms with Crippen molar-refractivity contribution >= 4 is 0 Å². The van der Waals surface area contributed by atoms with E-state index in [0.717, 1.165) is 6.42 Å². The molecule has 130 valence electrons. The highest BCUT2D eigenvalue weighted by Gasteiger charge is 2.29. The molecule has 0 amide bonds. The summed E-state index contributed by atoms with van der Waals surface area (Å²) in [6.45, 7) is 5.58. The van der Waals surface area contributed by atoms with Gasteiger partial charge in [0.05, 0.1) is 11.2 Å². The second-order valence-corrected chi connectivity index (χ2v) is 7.81. The van der Waals surface area contributed by atoms with Crippen molar-refractivity contribution in [2.75, 3.05) is 0 Å². The normalized spacial score (nSPS) is 15.7. The van der Waals surface area contributed by atoms with Crippen molar-refractivity contribution in [1.29, 1.82) is 0 Å². The van der Waals surface area contributed by atoms with E-state index in [-0.39, 0.29) is 5.92 Å². The van der Waals surface area contributed by atoms with Crippen LogP contribution in [-0.4, -0.2) is 21.4 Å². The molecule has 0 radical (unpaired) electrons. The fourth-order valence-corrected chi connectivity index (χ4v) is 3.33. The Morgan fingerprint density at radius 2 is 1.33 bits per heavy atom. The van der Waals surface area contributed by atoms with Crippen LogP contribution in [-0.2, 0) is 6.42 Å². The Bertz CT molecular complexity index is 597. The molecule has 0 spiro atoms. The van der Waals surface area contributed by atoms with Gasteiger partial charge in [-0.05, 0) is 63.5 Å². The van der Waals surface area contributed by atoms with Gasteiger partial charge in [-0.2, -0.15) is 0 Å². The minimum atomic E-state index is -0.762. The first-order chi connectivity index (χ1) is 11.3. The van der Waals surface area contributed by atoms with Crippen LogP contribution in [0.15, 0.2) is 60.7 Å². The molecule has 0 aromatic heterocycles. The minimum Gasteiger partial charge on any atom is -0.390 e. The average Bonchev–Trinajstić information content (AvgIpc) is 2.53. The number of rotatable bonds is 8. The second-order valence-electron chi connectivity index (χ2n) is 7.81. The first-order valence-corrected chi connectivity index (χ1v) is 8.79. The van der Waals surface area contributed by atoms with E-state index < -0.39 is 11.2 Å². The predicted octanol–water partition coefficient (Wildman–Crippen LogP) is 4.71. The SMILES string of the molecule is CC(C)(O)CC(CC(C)(O)CCc1ccccc1)c1ccccc1. The van der Waals surface area contributed by atoms with E-state index in [1.165, 1.54) is 11.1 Å². The van der Waals surface area contributed by atoms with Crippen LogP contribution >= 0.6 is 0 Å². The van der Waals surface area contributed by atoms with E-state index in [1.54, 1.807) is 0 Å². The van der Waals surface area contributed by atoms with Gasteiger partial charge in [0.1, 0.15) is 0 Å². The molecular weight excluding hydrogens is 296 g/mol. The van der Waals surface area contributed by atoms with Gasteiger partial charge < -0.3 is 10.2 Å². The molecule has 0 fully saturated rings. The molecule has 2 unspecified atom stereocenters. The number of aryl methyl sites for hydroxylation is 1. The minimum absolute atomic E-state index is 0.136. The Hall–Kier alpha value is -1.64. The van der Waals surface area contributed by atoms with Crippen LogP contribution in [0.5, 0.6) is 0 Å². The third kappa shape index (κ3) is 6.46. The number of aliphatic hydroxyl groups is 2. The van der Waals surface area contributed by atoms with Gasteiger partial charge >= 0.3 is 0 Å². The molecule has 2 aromatic rings. The topological polar surface area (TPSA) is 40.5 Å². The van der Waals surface area contributed by atoms with Crippen molar-refractivity contribution in [2.24, 2.45) is 0 Å². The monoisotopic (exact) mass is 326 g/mol. The molecule has 0 saturated carbocycles. The van der Waals surface area contributed by atoms with Gasteiger partial charge in [-0.1, -0.05) is 60.7 Å². The van der Waals surface area contributed by atoms with Gasteiger partial charge in [-0.3, -0.25) is 0 Å². The summed E-state index contributed by atoms with van der Waals surface area (Å²) in [5.41, 5.74) is 0.911. The van der Waals surface area contributed by atoms with E-state index in [1.807, 2.05) is 57.2 Å². The molecule has 0 bridgehead atoms. The molecule has 2 nitrogen and oxygen atoms in total. The lowest BCUT2D eigenvalue weighted by Crippen LogP contribution is -2.31. The van der Waals surface area contributed by atoms with E-state index in [2.05, 4.69) is 24.3 Å². The zero-order chi connectivity index (χ0) is 17.6. The van der Waals surface area contributed by atoms with Crippen LogP contribution in [0.1, 0.15) is 57.1 Å². The molecule has 0 aliphatic carbocycles. The molecule has 2 rings (SSSR count). The Morgan fingerprint density at radius 1 is 0.792 bits per heavy atom. The van der Waals surface area contributed by atoms with Gasteiger partial charge in [0.15, 0.2) is 0 Å². The van der Waals surface area contributed by atoms with E-state index in [0.29, 0.717) is 19.3 Å². The standard InChI is InChI=1S/C22H30O2/c1-21(2,23)16-20(19-12-8-5-9-13-19)17-22(3,24)15-14-18-10-6-4-7-11-18/h4-13,20,23-24H,14-17H2,1-3H3. The molecule has 2 aromatic carbocycles. The van der Waals surface area contributed by atoms with Crippen molar-refractivity contribution in [3.63, 3.8) is 0 Å². The number of benzene rings is 2. The molecule has 0 aliphatic heterocycles. The van der Waals surface area contributed by atoms with Crippen molar-refractivity contribution < 1.29 is 10.2 Å². The fraction of sp³-hybridized carbons (Fsp3) is 0.455. The molecule has 0 heterocycles. The van der Waals surface area contributed by atoms with Gasteiger partial charge in [0.2, 0.25) is 0 Å². The molecule has 0 saturated heterocycles. The second kappa shape index (κ2) is 7.96. The summed E-state index contributed by atoms with van der Waals surface area (Å²) >= 11 is 0. The van der Waals surface area contributed by atoms with Crippen LogP contribution in [0.3, 0.4) is 0 Å². The van der Waals surface area contributed by atoms with E-state index >= 15 is 0 Å². The quantitative estimate of drug-likeness (QED) is 0.738. The van der Waals surface area contributed by atoms with Crippen molar-refractivity contribution in [2.45, 2.75) is 63.6 Å². The summed E-state index contributed by atoms with van der Waals surface area (Å²) in [5, 5.41) is 21.2. The van der Waals surface area contributed by atoms with Crippen molar-refractivity contribution in [3.05, 3.63) is 71.8 Å². The maximum absolute atomic E-state index is 10.9. The zero-order valence-electron chi connectivity index (χ0n) is 15.1. The molecular formula is C22H30O2. The Balaban J connectivity index is 2.06. The summed E-state index contributed by atoms with van der Waals surface area (Å²) < 4.78 is 0. The number of hydrogen-bond donors (Lipinski definition) is 2. The van der Waals surface area contributed by atoms with Crippen LogP contribution in [0.4, 0.5) is 0 Å². The Labute approximate surface area is 146 Å². The molecule has 0 aliphatic rings. The van der Waals surface area contributed by atoms with Crippen molar-refractivity contribution in [3.8, 4) is 0 Å². The Morgan fingerprint density at radius 3 is 1.88 bits per heavy atom. The average molecular weight is 326 g/mol. The summed E-state index contributed by atoms with van der Waals surface area (Å²) in [4.78, 5) is 0. The highest BCUT2D eigenvalue weighted by molar-refractivity contribution is 5.21. The third-order valence-corrected chi connectivity index (χ3v) is 4.50. The maximum atomic E-state index is 10.9. The zero-order valence-corrected chi connectivity index (χ0v) is 15.1. The highest BCUT2D eigenvalue weighted by atomic mass is 16.3. The highest BCUT2D eigenvalue weighted by Crippen LogP contribution is 2.35. The van der Waals surface area contributed by atoms with Crippen LogP contribution in [0.2, 0.25) is 0 Å². The summed E-state index contributed by atoms with van der Waals surface area (Å²) in [6.07, 6.45) is 2.86. The van der Waals surface area contributed by atoms with Gasteiger partial charge in [-0.15, -0.1) is 0 Å². The molecule has 2 heteroatoms. The summed E-state index contributed by atoms with van der Waals surface area (Å²) in [5.74, 6) is 0.136. The van der Waals surface area contributed by atoms with Crippen LogP contribution in [0, 0.1) is 0 Å². The lowest BCUT2D eigenvalue weighted by atomic mass is 9.79. The van der Waals surface area contributed by atoms with Crippen molar-refractivity contribution in [1.82, 2.24) is 0 Å². The fourth-order valence-electron chi connectivity index (χ4n) is 3.33. The Kier molecular flexibility index (Phi) is 6.20. The molecule has 2 N–H and O–H groups in total. The van der Waals surface area contributed by atoms with Gasteiger partial charge in [0, 0.05) is 0 Å². The first kappa shape index (κ1) is 18.7. The van der Waals surface area contributed by atoms with Crippen LogP contribution in [0.25, 0.3) is 0 Å². The van der Waals surface area contributed by atoms with Gasteiger partial charge in [-0.25, -0.2) is 0 Å².